The van der Waals surface area contributed by atoms with Crippen LogP contribution in [0.1, 0.15) is 43.6 Å². The molecule has 0 spiro atoms. The molecule has 1 aliphatic carbocycles. The quantitative estimate of drug-likeness (QED) is 0.729. The minimum Gasteiger partial charge on any atom is -0.507 e. The first-order valence-corrected chi connectivity index (χ1v) is 5.88. The number of ether oxygens (including phenoxy) is 1. The average Bonchev–Trinajstić information content (AvgIpc) is 2.61. The second-order valence-corrected chi connectivity index (χ2v) is 4.90. The van der Waals surface area contributed by atoms with Gasteiger partial charge >= 0.3 is 0 Å². The zero-order valence-corrected chi connectivity index (χ0v) is 10.7. The molecule has 3 rings (SSSR count). The molecule has 0 radical (unpaired) electrons. The van der Waals surface area contributed by atoms with Crippen LogP contribution in [0.5, 0.6) is 11.5 Å². The van der Waals surface area contributed by atoms with Crippen molar-refractivity contribution in [3.8, 4) is 11.5 Å². The zero-order chi connectivity index (χ0) is 14.8. The van der Waals surface area contributed by atoms with Crippen molar-refractivity contribution in [1.82, 2.24) is 0 Å². The number of carbonyl (C=O) groups excluding carboxylic acids is 3. The van der Waals surface area contributed by atoms with Crippen LogP contribution in [0.2, 0.25) is 0 Å². The highest BCUT2D eigenvalue weighted by molar-refractivity contribution is 6.28. The highest BCUT2D eigenvalue weighted by Crippen LogP contribution is 2.46. The first-order chi connectivity index (χ1) is 9.25. The molecule has 0 bridgehead atoms. The van der Waals surface area contributed by atoms with Gasteiger partial charge in [0, 0.05) is 12.5 Å². The first kappa shape index (κ1) is 12.6. The molecule has 2 aliphatic rings. The van der Waals surface area contributed by atoms with E-state index in [1.54, 1.807) is 0 Å². The third kappa shape index (κ3) is 1.34. The van der Waals surface area contributed by atoms with Gasteiger partial charge in [0.25, 0.3) is 5.79 Å². The molecule has 0 saturated heterocycles. The third-order valence-corrected chi connectivity index (χ3v) is 3.49. The highest BCUT2D eigenvalue weighted by atomic mass is 16.6. The molecule has 1 aromatic rings. The number of carbonyl (C=O) groups is 3. The molecule has 2 N–H and O–H groups in total. The van der Waals surface area contributed by atoms with Crippen LogP contribution in [0, 0.1) is 6.92 Å². The summed E-state index contributed by atoms with van der Waals surface area (Å²) >= 11 is 0. The molecular formula is C14H10O6. The molecule has 0 fully saturated rings. The highest BCUT2D eigenvalue weighted by Gasteiger charge is 2.48. The van der Waals surface area contributed by atoms with E-state index in [1.165, 1.54) is 6.92 Å². The van der Waals surface area contributed by atoms with Crippen molar-refractivity contribution >= 4 is 17.3 Å². The summed E-state index contributed by atoms with van der Waals surface area (Å²) in [7, 11) is 0. The Bertz CT molecular complexity index is 739. The number of Topliss-reactive ketones (excluding diaryl/α,β-unsaturated/α-hetero) is 1. The van der Waals surface area contributed by atoms with Crippen LogP contribution < -0.4 is 4.74 Å². The average molecular weight is 274 g/mol. The van der Waals surface area contributed by atoms with Gasteiger partial charge < -0.3 is 14.9 Å². The van der Waals surface area contributed by atoms with Crippen LogP contribution in [0.4, 0.5) is 0 Å². The van der Waals surface area contributed by atoms with Crippen molar-refractivity contribution in [3.05, 3.63) is 34.4 Å². The van der Waals surface area contributed by atoms with Gasteiger partial charge in [0.2, 0.25) is 5.78 Å². The normalized spacial score (nSPS) is 23.6. The summed E-state index contributed by atoms with van der Waals surface area (Å²) in [5.41, 5.74) is -0.439. The molecule has 0 amide bonds. The molecule has 0 saturated carbocycles. The number of phenols is 1. The van der Waals surface area contributed by atoms with E-state index in [1.807, 2.05) is 0 Å². The van der Waals surface area contributed by atoms with E-state index in [4.69, 9.17) is 4.74 Å². The summed E-state index contributed by atoms with van der Waals surface area (Å²) in [4.78, 5) is 36.0. The summed E-state index contributed by atoms with van der Waals surface area (Å²) in [6.07, 6.45) is 2.06. The maximum atomic E-state index is 12.2. The van der Waals surface area contributed by atoms with Crippen LogP contribution in [-0.2, 0) is 0 Å². The lowest BCUT2D eigenvalue weighted by molar-refractivity contribution is -0.0752. The maximum Gasteiger partial charge on any atom is 0.270 e. The SMILES string of the molecule is Cc1c(O)c2c(c3c1OC(C)(O)C3=O)C(=O)C=CC2=O. The van der Waals surface area contributed by atoms with Gasteiger partial charge in [0.05, 0.1) is 16.7 Å². The summed E-state index contributed by atoms with van der Waals surface area (Å²) in [6, 6.07) is 0. The molecule has 1 heterocycles. The minimum absolute atomic E-state index is 0.0623. The Morgan fingerprint density at radius 1 is 1.05 bits per heavy atom. The molecule has 102 valence electrons. The Morgan fingerprint density at radius 2 is 1.60 bits per heavy atom. The van der Waals surface area contributed by atoms with E-state index in [2.05, 4.69) is 0 Å². The molecule has 20 heavy (non-hydrogen) atoms. The number of fused-ring (bicyclic) bond motifs is 3. The van der Waals surface area contributed by atoms with Crippen LogP contribution in [0.15, 0.2) is 12.2 Å². The second kappa shape index (κ2) is 3.55. The Morgan fingerprint density at radius 3 is 2.20 bits per heavy atom. The Kier molecular flexibility index (Phi) is 2.23. The van der Waals surface area contributed by atoms with Gasteiger partial charge in [-0.2, -0.15) is 0 Å². The Balaban J connectivity index is 2.46. The maximum absolute atomic E-state index is 12.2. The fourth-order valence-corrected chi connectivity index (χ4v) is 2.47. The first-order valence-electron chi connectivity index (χ1n) is 5.88. The van der Waals surface area contributed by atoms with Crippen LogP contribution in [0.25, 0.3) is 0 Å². The fourth-order valence-electron chi connectivity index (χ4n) is 2.47. The molecule has 1 unspecified atom stereocenters. The smallest absolute Gasteiger partial charge is 0.270 e. The van der Waals surface area contributed by atoms with Crippen molar-refractivity contribution in [1.29, 1.82) is 0 Å². The largest absolute Gasteiger partial charge is 0.507 e. The number of allylic oxidation sites excluding steroid dienone is 2. The van der Waals surface area contributed by atoms with Gasteiger partial charge in [-0.1, -0.05) is 0 Å². The molecule has 1 aliphatic heterocycles. The van der Waals surface area contributed by atoms with Gasteiger partial charge in [0.1, 0.15) is 11.5 Å². The van der Waals surface area contributed by atoms with Crippen molar-refractivity contribution in [3.63, 3.8) is 0 Å². The van der Waals surface area contributed by atoms with E-state index in [0.29, 0.717) is 0 Å². The number of phenolic OH excluding ortho intramolecular Hbond substituents is 1. The number of rotatable bonds is 0. The van der Waals surface area contributed by atoms with Gasteiger partial charge in [0.15, 0.2) is 11.6 Å². The minimum atomic E-state index is -2.11. The summed E-state index contributed by atoms with van der Waals surface area (Å²) in [5.74, 6) is -4.54. The van der Waals surface area contributed by atoms with Crippen molar-refractivity contribution < 1.29 is 29.3 Å². The number of benzene rings is 1. The van der Waals surface area contributed by atoms with Gasteiger partial charge in [-0.3, -0.25) is 14.4 Å². The molecule has 0 aromatic heterocycles. The van der Waals surface area contributed by atoms with Crippen LogP contribution in [0.3, 0.4) is 0 Å². The Labute approximate surface area is 113 Å². The number of aliphatic hydroxyl groups is 1. The predicted octanol–water partition coefficient (Wildman–Crippen LogP) is 0.919. The fraction of sp³-hybridized carbons (Fsp3) is 0.214. The second-order valence-electron chi connectivity index (χ2n) is 4.90. The van der Waals surface area contributed by atoms with Crippen LogP contribution in [-0.4, -0.2) is 33.3 Å². The lowest BCUT2D eigenvalue weighted by atomic mass is 9.85. The van der Waals surface area contributed by atoms with Gasteiger partial charge in [-0.25, -0.2) is 0 Å². The van der Waals surface area contributed by atoms with Gasteiger partial charge in [-0.05, 0) is 19.1 Å². The molecule has 1 aromatic carbocycles. The van der Waals surface area contributed by atoms with E-state index in [9.17, 15) is 24.6 Å². The Hall–Kier alpha value is -2.47. The lowest BCUT2D eigenvalue weighted by Crippen LogP contribution is -2.36. The topological polar surface area (TPSA) is 101 Å². The predicted molar refractivity (Wildman–Crippen MR) is 66.2 cm³/mol. The van der Waals surface area contributed by atoms with Crippen molar-refractivity contribution in [2.24, 2.45) is 0 Å². The number of hydrogen-bond donors (Lipinski definition) is 2. The summed E-state index contributed by atoms with van der Waals surface area (Å²) in [5, 5.41) is 20.0. The summed E-state index contributed by atoms with van der Waals surface area (Å²) in [6.45, 7) is 2.59. The third-order valence-electron chi connectivity index (χ3n) is 3.49. The summed E-state index contributed by atoms with van der Waals surface area (Å²) < 4.78 is 5.13. The standard InChI is InChI=1S/C14H10O6/c1-5-11(17)9-7(16)4-3-6(15)8(9)10-12(5)20-14(2,19)13(10)18/h3-4,17,19H,1-2H3. The van der Waals surface area contributed by atoms with E-state index in [0.717, 1.165) is 19.1 Å². The molecule has 6 heteroatoms. The van der Waals surface area contributed by atoms with Crippen molar-refractivity contribution in [2.75, 3.05) is 0 Å². The van der Waals surface area contributed by atoms with Crippen molar-refractivity contribution in [2.45, 2.75) is 19.6 Å². The van der Waals surface area contributed by atoms with Gasteiger partial charge in [-0.15, -0.1) is 0 Å². The van der Waals surface area contributed by atoms with Crippen LogP contribution >= 0.6 is 0 Å². The van der Waals surface area contributed by atoms with E-state index < -0.39 is 28.9 Å². The number of aromatic hydroxyl groups is 1. The lowest BCUT2D eigenvalue weighted by Gasteiger charge is -2.16. The zero-order valence-electron chi connectivity index (χ0n) is 10.7. The van der Waals surface area contributed by atoms with E-state index >= 15 is 0 Å². The van der Waals surface area contributed by atoms with E-state index in [-0.39, 0.29) is 28.0 Å². The monoisotopic (exact) mass is 274 g/mol. The molecule has 6 nitrogen and oxygen atoms in total. The molecular weight excluding hydrogens is 264 g/mol. The number of ketones is 3. The number of hydrogen-bond acceptors (Lipinski definition) is 6. The molecule has 1 atom stereocenters.